The SMILES string of the molecule is O=C1CCC(c2cc(F)cc(I)c2)C1. The number of Topliss-reactive ketones (excluding diaryl/α,β-unsaturated/α-hetero) is 1. The van der Waals surface area contributed by atoms with Gasteiger partial charge in [0.2, 0.25) is 0 Å². The Morgan fingerprint density at radius 3 is 2.71 bits per heavy atom. The van der Waals surface area contributed by atoms with Gasteiger partial charge in [-0.3, -0.25) is 4.79 Å². The van der Waals surface area contributed by atoms with Crippen LogP contribution in [0.25, 0.3) is 0 Å². The van der Waals surface area contributed by atoms with Gasteiger partial charge in [-0.25, -0.2) is 4.39 Å². The smallest absolute Gasteiger partial charge is 0.133 e. The summed E-state index contributed by atoms with van der Waals surface area (Å²) in [5.74, 6) is 0.340. The molecule has 1 saturated carbocycles. The Hall–Kier alpha value is -0.450. The maximum absolute atomic E-state index is 13.1. The molecule has 1 nitrogen and oxygen atoms in total. The van der Waals surface area contributed by atoms with Crippen LogP contribution in [0.3, 0.4) is 0 Å². The van der Waals surface area contributed by atoms with Crippen molar-refractivity contribution in [3.63, 3.8) is 0 Å². The van der Waals surface area contributed by atoms with Crippen LogP contribution in [0.15, 0.2) is 18.2 Å². The second-order valence-electron chi connectivity index (χ2n) is 3.68. The largest absolute Gasteiger partial charge is 0.300 e. The number of rotatable bonds is 1. The van der Waals surface area contributed by atoms with Crippen LogP contribution in [0.5, 0.6) is 0 Å². The van der Waals surface area contributed by atoms with E-state index in [0.717, 1.165) is 15.6 Å². The van der Waals surface area contributed by atoms with Crippen molar-refractivity contribution in [3.8, 4) is 0 Å². The van der Waals surface area contributed by atoms with Gasteiger partial charge in [-0.15, -0.1) is 0 Å². The average molecular weight is 304 g/mol. The first-order valence-electron chi connectivity index (χ1n) is 4.63. The maximum atomic E-state index is 13.1. The van der Waals surface area contributed by atoms with Crippen LogP contribution in [0.1, 0.15) is 30.7 Å². The van der Waals surface area contributed by atoms with Crippen molar-refractivity contribution >= 4 is 28.4 Å². The minimum absolute atomic E-state index is 0.203. The average Bonchev–Trinajstić information content (AvgIpc) is 2.50. The fourth-order valence-corrected chi connectivity index (χ4v) is 2.57. The lowest BCUT2D eigenvalue weighted by molar-refractivity contribution is -0.117. The molecule has 1 aliphatic rings. The van der Waals surface area contributed by atoms with Gasteiger partial charge in [0.05, 0.1) is 0 Å². The van der Waals surface area contributed by atoms with E-state index < -0.39 is 0 Å². The Morgan fingerprint density at radius 2 is 2.14 bits per heavy atom. The van der Waals surface area contributed by atoms with Crippen molar-refractivity contribution in [1.29, 1.82) is 0 Å². The fraction of sp³-hybridized carbons (Fsp3) is 0.364. The number of benzene rings is 1. The molecular weight excluding hydrogens is 294 g/mol. The van der Waals surface area contributed by atoms with Gasteiger partial charge in [-0.2, -0.15) is 0 Å². The second-order valence-corrected chi connectivity index (χ2v) is 4.93. The molecule has 74 valence electrons. The molecule has 1 aromatic carbocycles. The molecule has 1 aromatic rings. The second kappa shape index (κ2) is 3.96. The molecule has 0 spiro atoms. The summed E-state index contributed by atoms with van der Waals surface area (Å²) in [7, 11) is 0. The summed E-state index contributed by atoms with van der Waals surface area (Å²) in [5, 5.41) is 0. The zero-order chi connectivity index (χ0) is 10.1. The van der Waals surface area contributed by atoms with Crippen LogP contribution < -0.4 is 0 Å². The number of carbonyl (C=O) groups is 1. The summed E-state index contributed by atoms with van der Waals surface area (Å²) in [5.41, 5.74) is 0.972. The lowest BCUT2D eigenvalue weighted by atomic mass is 9.98. The van der Waals surface area contributed by atoms with E-state index in [2.05, 4.69) is 22.6 Å². The topological polar surface area (TPSA) is 17.1 Å². The molecule has 1 fully saturated rings. The van der Waals surface area contributed by atoms with Crippen LogP contribution in [-0.4, -0.2) is 5.78 Å². The molecule has 0 saturated heterocycles. The van der Waals surface area contributed by atoms with Crippen molar-refractivity contribution in [3.05, 3.63) is 33.1 Å². The van der Waals surface area contributed by atoms with Gasteiger partial charge in [-0.1, -0.05) is 0 Å². The quantitative estimate of drug-likeness (QED) is 0.728. The molecule has 0 amide bonds. The van der Waals surface area contributed by atoms with E-state index in [1.165, 1.54) is 6.07 Å². The Bertz CT molecular complexity index is 355. The summed E-state index contributed by atoms with van der Waals surface area (Å²) < 4.78 is 14.0. The van der Waals surface area contributed by atoms with Gasteiger partial charge < -0.3 is 0 Å². The molecule has 1 unspecified atom stereocenters. The van der Waals surface area contributed by atoms with Crippen LogP contribution in [0.2, 0.25) is 0 Å². The van der Waals surface area contributed by atoms with E-state index in [4.69, 9.17) is 0 Å². The summed E-state index contributed by atoms with van der Waals surface area (Å²) in [6, 6.07) is 5.01. The Balaban J connectivity index is 2.27. The van der Waals surface area contributed by atoms with E-state index >= 15 is 0 Å². The first-order chi connectivity index (χ1) is 6.65. The lowest BCUT2D eigenvalue weighted by Crippen LogP contribution is -1.96. The third-order valence-electron chi connectivity index (χ3n) is 2.60. The maximum Gasteiger partial charge on any atom is 0.133 e. The van der Waals surface area contributed by atoms with Crippen molar-refractivity contribution in [2.45, 2.75) is 25.2 Å². The van der Waals surface area contributed by atoms with E-state index in [9.17, 15) is 9.18 Å². The van der Waals surface area contributed by atoms with Gasteiger partial charge in [0.15, 0.2) is 0 Å². The fourth-order valence-electron chi connectivity index (χ4n) is 1.91. The van der Waals surface area contributed by atoms with Gasteiger partial charge in [0, 0.05) is 16.4 Å². The Kier molecular flexibility index (Phi) is 2.85. The predicted molar refractivity (Wildman–Crippen MR) is 60.7 cm³/mol. The monoisotopic (exact) mass is 304 g/mol. The summed E-state index contributed by atoms with van der Waals surface area (Å²) in [4.78, 5) is 11.1. The number of halogens is 2. The first-order valence-corrected chi connectivity index (χ1v) is 5.71. The molecule has 1 atom stereocenters. The van der Waals surface area contributed by atoms with Crippen LogP contribution in [0.4, 0.5) is 4.39 Å². The highest BCUT2D eigenvalue weighted by molar-refractivity contribution is 14.1. The first kappa shape index (κ1) is 10.1. The molecule has 0 aromatic heterocycles. The van der Waals surface area contributed by atoms with E-state index in [1.54, 1.807) is 6.07 Å². The molecule has 0 aliphatic heterocycles. The number of hydrogen-bond acceptors (Lipinski definition) is 1. The van der Waals surface area contributed by atoms with Gasteiger partial charge in [-0.05, 0) is 58.7 Å². The van der Waals surface area contributed by atoms with Gasteiger partial charge in [0.1, 0.15) is 11.6 Å². The van der Waals surface area contributed by atoms with Crippen LogP contribution in [0, 0.1) is 9.39 Å². The van der Waals surface area contributed by atoms with Gasteiger partial charge >= 0.3 is 0 Å². The molecule has 0 radical (unpaired) electrons. The predicted octanol–water partition coefficient (Wildman–Crippen LogP) is 3.27. The standard InChI is InChI=1S/C11H10FIO/c12-9-3-8(4-10(13)6-9)7-1-2-11(14)5-7/h3-4,6-7H,1-2,5H2. The molecule has 0 heterocycles. The highest BCUT2D eigenvalue weighted by atomic mass is 127. The molecule has 0 N–H and O–H groups in total. The van der Waals surface area contributed by atoms with Gasteiger partial charge in [0.25, 0.3) is 0 Å². The molecule has 3 heteroatoms. The Labute approximate surface area is 95.8 Å². The molecule has 2 rings (SSSR count). The van der Waals surface area contributed by atoms with Crippen molar-refractivity contribution < 1.29 is 9.18 Å². The van der Waals surface area contributed by atoms with Crippen molar-refractivity contribution in [2.24, 2.45) is 0 Å². The normalized spacial score (nSPS) is 21.6. The van der Waals surface area contributed by atoms with E-state index in [-0.39, 0.29) is 11.7 Å². The van der Waals surface area contributed by atoms with Crippen LogP contribution >= 0.6 is 22.6 Å². The summed E-state index contributed by atoms with van der Waals surface area (Å²) in [6.45, 7) is 0. The molecular formula is C11H10FIO. The Morgan fingerprint density at radius 1 is 1.36 bits per heavy atom. The highest BCUT2D eigenvalue weighted by Gasteiger charge is 2.23. The number of ketones is 1. The van der Waals surface area contributed by atoms with Crippen LogP contribution in [-0.2, 0) is 4.79 Å². The molecule has 0 bridgehead atoms. The zero-order valence-corrected chi connectivity index (χ0v) is 9.75. The summed E-state index contributed by atoms with van der Waals surface area (Å²) >= 11 is 2.10. The lowest BCUT2D eigenvalue weighted by Gasteiger charge is -2.08. The number of hydrogen-bond donors (Lipinski definition) is 0. The third kappa shape index (κ3) is 2.13. The highest BCUT2D eigenvalue weighted by Crippen LogP contribution is 2.32. The zero-order valence-electron chi connectivity index (χ0n) is 7.59. The van der Waals surface area contributed by atoms with E-state index in [0.29, 0.717) is 18.6 Å². The minimum atomic E-state index is -0.203. The van der Waals surface area contributed by atoms with E-state index in [1.807, 2.05) is 6.07 Å². The third-order valence-corrected chi connectivity index (χ3v) is 3.22. The molecule has 1 aliphatic carbocycles. The van der Waals surface area contributed by atoms with Crippen molar-refractivity contribution in [1.82, 2.24) is 0 Å². The van der Waals surface area contributed by atoms with Crippen molar-refractivity contribution in [2.75, 3.05) is 0 Å². The summed E-state index contributed by atoms with van der Waals surface area (Å²) in [6.07, 6.45) is 2.11. The number of carbonyl (C=O) groups excluding carboxylic acids is 1. The molecule has 14 heavy (non-hydrogen) atoms. The minimum Gasteiger partial charge on any atom is -0.300 e.